The van der Waals surface area contributed by atoms with Crippen LogP contribution in [0.15, 0.2) is 24.3 Å². The standard InChI is InChI=1S/C41H81N2O6P/c1-3-5-7-9-11-13-15-17-18-19-20-21-22-23-25-27-29-31-33-35-41(45)43-39(38-49-50(46,47)48-37-36-42)40(44)34-32-30-28-26-24-16-14-12-10-8-6-4-2/h11,13,17-18,39-40,44H,3-10,12,14-16,19-38,42H2,1-2H3,(H,43,45)(H,46,47)/b13-11-,18-17-. The fraction of sp³-hybridized carbons (Fsp3) is 0.878. The molecule has 0 bridgehead atoms. The maximum absolute atomic E-state index is 12.7. The summed E-state index contributed by atoms with van der Waals surface area (Å²) in [6, 6.07) is -0.773. The van der Waals surface area contributed by atoms with Crippen molar-refractivity contribution in [2.75, 3.05) is 19.8 Å². The van der Waals surface area contributed by atoms with Crippen molar-refractivity contribution in [2.45, 2.75) is 212 Å². The second kappa shape index (κ2) is 37.7. The number of nitrogens with one attached hydrogen (secondary N) is 1. The minimum atomic E-state index is -4.31. The van der Waals surface area contributed by atoms with Crippen molar-refractivity contribution in [3.63, 3.8) is 0 Å². The number of aliphatic hydroxyl groups is 1. The highest BCUT2D eigenvalue weighted by Crippen LogP contribution is 2.43. The van der Waals surface area contributed by atoms with Crippen molar-refractivity contribution in [2.24, 2.45) is 5.73 Å². The number of nitrogens with two attached hydrogens (primary N) is 1. The van der Waals surface area contributed by atoms with Gasteiger partial charge in [0.2, 0.25) is 5.91 Å². The van der Waals surface area contributed by atoms with Crippen LogP contribution in [0.5, 0.6) is 0 Å². The van der Waals surface area contributed by atoms with E-state index in [0.717, 1.165) is 44.9 Å². The molecule has 3 atom stereocenters. The first-order valence-electron chi connectivity index (χ1n) is 21.0. The second-order valence-corrected chi connectivity index (χ2v) is 15.7. The number of hydrogen-bond acceptors (Lipinski definition) is 6. The highest BCUT2D eigenvalue weighted by molar-refractivity contribution is 7.47. The summed E-state index contributed by atoms with van der Waals surface area (Å²) in [6.45, 7) is 4.17. The smallest absolute Gasteiger partial charge is 0.391 e. The van der Waals surface area contributed by atoms with Gasteiger partial charge in [-0.25, -0.2) is 4.57 Å². The van der Waals surface area contributed by atoms with Crippen LogP contribution in [-0.2, 0) is 18.4 Å². The predicted molar refractivity (Wildman–Crippen MR) is 212 cm³/mol. The molecule has 8 nitrogen and oxygen atoms in total. The van der Waals surface area contributed by atoms with Crippen LogP contribution >= 0.6 is 7.82 Å². The van der Waals surface area contributed by atoms with Gasteiger partial charge < -0.3 is 21.1 Å². The van der Waals surface area contributed by atoms with Crippen molar-refractivity contribution in [1.82, 2.24) is 5.32 Å². The molecule has 3 unspecified atom stereocenters. The number of phosphoric acid groups is 1. The van der Waals surface area contributed by atoms with E-state index >= 15 is 0 Å². The molecule has 0 aliphatic rings. The zero-order valence-corrected chi connectivity index (χ0v) is 33.5. The van der Waals surface area contributed by atoms with Crippen LogP contribution in [0.2, 0.25) is 0 Å². The molecule has 0 fully saturated rings. The Labute approximate surface area is 308 Å². The third kappa shape index (κ3) is 35.4. The Hall–Kier alpha value is -1.02. The SMILES string of the molecule is CCCCC/C=C\C/C=C\CCCCCCCCCCCC(=O)NC(COP(=O)(O)OCCN)C(O)CCCCCCCCCCCCCC. The van der Waals surface area contributed by atoms with Crippen molar-refractivity contribution in [1.29, 1.82) is 0 Å². The molecule has 0 saturated carbocycles. The van der Waals surface area contributed by atoms with E-state index in [1.165, 1.54) is 128 Å². The van der Waals surface area contributed by atoms with Crippen LogP contribution in [0.3, 0.4) is 0 Å². The molecule has 0 aromatic rings. The molecule has 9 heteroatoms. The number of carbonyl (C=O) groups is 1. The van der Waals surface area contributed by atoms with Gasteiger partial charge in [-0.15, -0.1) is 0 Å². The summed E-state index contributed by atoms with van der Waals surface area (Å²) in [7, 11) is -4.31. The summed E-state index contributed by atoms with van der Waals surface area (Å²) in [5.74, 6) is -0.167. The Morgan fingerprint density at radius 3 is 1.62 bits per heavy atom. The Morgan fingerprint density at radius 1 is 0.660 bits per heavy atom. The van der Waals surface area contributed by atoms with E-state index in [1.54, 1.807) is 0 Å². The van der Waals surface area contributed by atoms with Gasteiger partial charge in [0.25, 0.3) is 0 Å². The Bertz CT molecular complexity index is 840. The fourth-order valence-corrected chi connectivity index (χ4v) is 6.87. The number of phosphoric ester groups is 1. The number of aliphatic hydroxyl groups excluding tert-OH is 1. The summed E-state index contributed by atoms with van der Waals surface area (Å²) >= 11 is 0. The van der Waals surface area contributed by atoms with Crippen LogP contribution in [-0.4, -0.2) is 47.8 Å². The van der Waals surface area contributed by atoms with Crippen LogP contribution < -0.4 is 11.1 Å². The highest BCUT2D eigenvalue weighted by Gasteiger charge is 2.27. The molecular weight excluding hydrogens is 647 g/mol. The minimum absolute atomic E-state index is 0.0885. The summed E-state index contributed by atoms with van der Waals surface area (Å²) in [5.41, 5.74) is 5.37. The summed E-state index contributed by atoms with van der Waals surface area (Å²) in [5, 5.41) is 13.8. The molecule has 296 valence electrons. The maximum atomic E-state index is 12.7. The van der Waals surface area contributed by atoms with Crippen molar-refractivity contribution in [3.8, 4) is 0 Å². The molecule has 50 heavy (non-hydrogen) atoms. The van der Waals surface area contributed by atoms with E-state index in [2.05, 4.69) is 43.5 Å². The van der Waals surface area contributed by atoms with Gasteiger partial charge in [-0.1, -0.05) is 173 Å². The second-order valence-electron chi connectivity index (χ2n) is 14.2. The van der Waals surface area contributed by atoms with E-state index in [9.17, 15) is 19.4 Å². The number of amides is 1. The normalized spacial score (nSPS) is 14.4. The quantitative estimate of drug-likeness (QED) is 0.0281. The van der Waals surface area contributed by atoms with Crippen LogP contribution in [0.1, 0.15) is 200 Å². The van der Waals surface area contributed by atoms with Crippen molar-refractivity contribution in [3.05, 3.63) is 24.3 Å². The molecule has 0 radical (unpaired) electrons. The van der Waals surface area contributed by atoms with Gasteiger partial charge >= 0.3 is 7.82 Å². The molecule has 0 spiro atoms. The molecule has 0 heterocycles. The lowest BCUT2D eigenvalue weighted by Crippen LogP contribution is -2.46. The molecule has 1 amide bonds. The minimum Gasteiger partial charge on any atom is -0.391 e. The summed E-state index contributed by atoms with van der Waals surface area (Å²) < 4.78 is 22.1. The lowest BCUT2D eigenvalue weighted by molar-refractivity contribution is -0.123. The summed E-state index contributed by atoms with van der Waals surface area (Å²) in [4.78, 5) is 22.7. The number of carbonyl (C=O) groups excluding carboxylic acids is 1. The first-order chi connectivity index (χ1) is 24.4. The third-order valence-electron chi connectivity index (χ3n) is 9.31. The maximum Gasteiger partial charge on any atom is 0.472 e. The van der Waals surface area contributed by atoms with Gasteiger partial charge in [0.05, 0.1) is 25.4 Å². The monoisotopic (exact) mass is 729 g/mol. The molecule has 5 N–H and O–H groups in total. The molecule has 0 rings (SSSR count). The van der Waals surface area contributed by atoms with Gasteiger partial charge in [-0.3, -0.25) is 13.8 Å². The molecule has 0 aromatic heterocycles. The van der Waals surface area contributed by atoms with Crippen LogP contribution in [0, 0.1) is 0 Å². The van der Waals surface area contributed by atoms with E-state index in [-0.39, 0.29) is 25.7 Å². The van der Waals surface area contributed by atoms with Gasteiger partial charge in [-0.05, 0) is 44.9 Å². The van der Waals surface area contributed by atoms with E-state index in [4.69, 9.17) is 14.8 Å². The van der Waals surface area contributed by atoms with Crippen LogP contribution in [0.4, 0.5) is 0 Å². The number of hydrogen-bond donors (Lipinski definition) is 4. The Kier molecular flexibility index (Phi) is 37.0. The van der Waals surface area contributed by atoms with E-state index < -0.39 is 20.0 Å². The average Bonchev–Trinajstić information content (AvgIpc) is 3.10. The Balaban J connectivity index is 4.15. The van der Waals surface area contributed by atoms with Crippen LogP contribution in [0.25, 0.3) is 0 Å². The number of rotatable bonds is 39. The number of unbranched alkanes of at least 4 members (excludes halogenated alkanes) is 23. The van der Waals surface area contributed by atoms with Crippen molar-refractivity contribution < 1.29 is 28.4 Å². The van der Waals surface area contributed by atoms with Gasteiger partial charge in [-0.2, -0.15) is 0 Å². The average molecular weight is 729 g/mol. The van der Waals surface area contributed by atoms with E-state index in [0.29, 0.717) is 12.8 Å². The predicted octanol–water partition coefficient (Wildman–Crippen LogP) is 11.4. The summed E-state index contributed by atoms with van der Waals surface area (Å²) in [6.07, 6.45) is 41.8. The topological polar surface area (TPSA) is 131 Å². The zero-order chi connectivity index (χ0) is 36.8. The molecule has 0 aliphatic carbocycles. The van der Waals surface area contributed by atoms with Gasteiger partial charge in [0.1, 0.15) is 0 Å². The highest BCUT2D eigenvalue weighted by atomic mass is 31.2. The first kappa shape index (κ1) is 49.0. The largest absolute Gasteiger partial charge is 0.472 e. The lowest BCUT2D eigenvalue weighted by Gasteiger charge is -2.25. The Morgan fingerprint density at radius 2 is 1.10 bits per heavy atom. The van der Waals surface area contributed by atoms with Gasteiger partial charge in [0.15, 0.2) is 0 Å². The zero-order valence-electron chi connectivity index (χ0n) is 32.6. The van der Waals surface area contributed by atoms with E-state index in [1.807, 2.05) is 0 Å². The number of allylic oxidation sites excluding steroid dienone is 4. The lowest BCUT2D eigenvalue weighted by atomic mass is 10.0. The fourth-order valence-electron chi connectivity index (χ4n) is 6.11. The molecule has 0 aliphatic heterocycles. The van der Waals surface area contributed by atoms with Gasteiger partial charge in [0, 0.05) is 13.0 Å². The molecular formula is C41H81N2O6P. The molecule has 0 saturated heterocycles. The first-order valence-corrected chi connectivity index (χ1v) is 22.4. The molecule has 0 aromatic carbocycles. The van der Waals surface area contributed by atoms with Crippen molar-refractivity contribution >= 4 is 13.7 Å². The third-order valence-corrected chi connectivity index (χ3v) is 10.3.